The molecule has 0 N–H and O–H groups in total. The molecule has 1 aliphatic rings. The molecule has 33 heavy (non-hydrogen) atoms. The van der Waals surface area contributed by atoms with Gasteiger partial charge in [0, 0.05) is 13.1 Å². The molecule has 3 aromatic rings. The lowest BCUT2D eigenvalue weighted by atomic mass is 10.2. The molecule has 1 aromatic heterocycles. The maximum atomic E-state index is 13.3. The summed E-state index contributed by atoms with van der Waals surface area (Å²) in [6.07, 6.45) is 3.21. The van der Waals surface area contributed by atoms with Crippen molar-refractivity contribution in [2.45, 2.75) is 38.0 Å². The summed E-state index contributed by atoms with van der Waals surface area (Å²) >= 11 is 1.20. The van der Waals surface area contributed by atoms with E-state index in [0.717, 1.165) is 25.8 Å². The molecule has 0 unspecified atom stereocenters. The van der Waals surface area contributed by atoms with E-state index in [1.807, 2.05) is 11.8 Å². The first-order valence-corrected chi connectivity index (χ1v) is 11.9. The van der Waals surface area contributed by atoms with Crippen LogP contribution in [0.4, 0.5) is 8.78 Å². The Morgan fingerprint density at radius 3 is 2.61 bits per heavy atom. The van der Waals surface area contributed by atoms with Crippen molar-refractivity contribution >= 4 is 28.6 Å². The lowest BCUT2D eigenvalue weighted by Crippen LogP contribution is -2.35. The van der Waals surface area contributed by atoms with Crippen LogP contribution in [0.5, 0.6) is 5.75 Å². The quantitative estimate of drug-likeness (QED) is 0.315. The topological polar surface area (TPSA) is 64.4 Å². The first-order chi connectivity index (χ1) is 16.0. The number of fused-ring (bicyclic) bond motifs is 1. The van der Waals surface area contributed by atoms with Gasteiger partial charge in [0.2, 0.25) is 5.91 Å². The fourth-order valence-electron chi connectivity index (χ4n) is 3.63. The van der Waals surface area contributed by atoms with E-state index in [2.05, 4.69) is 9.72 Å². The van der Waals surface area contributed by atoms with Gasteiger partial charge in [-0.25, -0.2) is 4.98 Å². The highest BCUT2D eigenvalue weighted by Gasteiger charge is 2.26. The lowest BCUT2D eigenvalue weighted by Gasteiger charge is -2.22. The Balaban J connectivity index is 1.65. The van der Waals surface area contributed by atoms with Gasteiger partial charge in [0.25, 0.3) is 5.56 Å². The largest absolute Gasteiger partial charge is 0.435 e. The van der Waals surface area contributed by atoms with E-state index in [-0.39, 0.29) is 23.0 Å². The van der Waals surface area contributed by atoms with Gasteiger partial charge in [-0.15, -0.1) is 0 Å². The van der Waals surface area contributed by atoms with Gasteiger partial charge in [0.1, 0.15) is 5.75 Å². The molecule has 0 radical (unpaired) electrons. The van der Waals surface area contributed by atoms with Gasteiger partial charge in [0.05, 0.1) is 22.3 Å². The smallest absolute Gasteiger partial charge is 0.387 e. The average molecular weight is 474 g/mol. The molecule has 1 saturated carbocycles. The standard InChI is InChI=1S/C24H25F2N3O3S/c1-2-13-28(14-16-7-8-16)21(30)15-33-24-27-20-6-4-3-5-19(20)22(31)29(24)17-9-11-18(12-10-17)32-23(25)26/h3-6,9-12,16,23H,2,7-8,13-15H2,1H3. The van der Waals surface area contributed by atoms with Crippen LogP contribution in [-0.4, -0.2) is 45.8 Å². The van der Waals surface area contributed by atoms with Gasteiger partial charge in [-0.2, -0.15) is 8.78 Å². The third kappa shape index (κ3) is 5.71. The van der Waals surface area contributed by atoms with E-state index < -0.39 is 6.61 Å². The van der Waals surface area contributed by atoms with E-state index in [9.17, 15) is 18.4 Å². The molecule has 4 rings (SSSR count). The molecule has 0 spiro atoms. The zero-order chi connectivity index (χ0) is 23.4. The second-order valence-corrected chi connectivity index (χ2v) is 8.94. The molecule has 1 heterocycles. The minimum Gasteiger partial charge on any atom is -0.435 e. The Labute approximate surface area is 194 Å². The van der Waals surface area contributed by atoms with E-state index in [1.165, 1.54) is 40.6 Å². The Bertz CT molecular complexity index is 1180. The van der Waals surface area contributed by atoms with Crippen LogP contribution >= 0.6 is 11.8 Å². The first kappa shape index (κ1) is 23.2. The monoisotopic (exact) mass is 473 g/mol. The summed E-state index contributed by atoms with van der Waals surface area (Å²) in [5.41, 5.74) is 0.703. The summed E-state index contributed by atoms with van der Waals surface area (Å²) in [6, 6.07) is 12.8. The van der Waals surface area contributed by atoms with Crippen molar-refractivity contribution < 1.29 is 18.3 Å². The zero-order valence-corrected chi connectivity index (χ0v) is 19.1. The molecular weight excluding hydrogens is 448 g/mol. The normalized spacial score (nSPS) is 13.5. The Morgan fingerprint density at radius 1 is 1.21 bits per heavy atom. The van der Waals surface area contributed by atoms with E-state index in [4.69, 9.17) is 0 Å². The number of para-hydroxylation sites is 1. The average Bonchev–Trinajstić information content (AvgIpc) is 3.62. The maximum Gasteiger partial charge on any atom is 0.387 e. The molecule has 1 fully saturated rings. The van der Waals surface area contributed by atoms with Gasteiger partial charge in [-0.05, 0) is 61.6 Å². The molecule has 0 atom stereocenters. The zero-order valence-electron chi connectivity index (χ0n) is 18.2. The van der Waals surface area contributed by atoms with Crippen molar-refractivity contribution in [2.24, 2.45) is 5.92 Å². The summed E-state index contributed by atoms with van der Waals surface area (Å²) in [4.78, 5) is 32.8. The third-order valence-corrected chi connectivity index (χ3v) is 6.33. The molecule has 1 amide bonds. The highest BCUT2D eigenvalue weighted by Crippen LogP contribution is 2.30. The van der Waals surface area contributed by atoms with Crippen molar-refractivity contribution in [3.8, 4) is 11.4 Å². The Hall–Kier alpha value is -2.94. The molecular formula is C24H25F2N3O3S. The van der Waals surface area contributed by atoms with Gasteiger partial charge >= 0.3 is 6.61 Å². The molecule has 0 saturated heterocycles. The maximum absolute atomic E-state index is 13.3. The molecule has 174 valence electrons. The second kappa shape index (κ2) is 10.3. The van der Waals surface area contributed by atoms with E-state index in [1.54, 1.807) is 24.3 Å². The second-order valence-electron chi connectivity index (χ2n) is 8.00. The van der Waals surface area contributed by atoms with Crippen molar-refractivity contribution in [3.05, 3.63) is 58.9 Å². The van der Waals surface area contributed by atoms with Gasteiger partial charge in [-0.3, -0.25) is 14.2 Å². The minimum absolute atomic E-state index is 0.00443. The van der Waals surface area contributed by atoms with Crippen LogP contribution < -0.4 is 10.3 Å². The van der Waals surface area contributed by atoms with Crippen molar-refractivity contribution in [1.29, 1.82) is 0 Å². The fraction of sp³-hybridized carbons (Fsp3) is 0.375. The number of alkyl halides is 2. The predicted octanol–water partition coefficient (Wildman–Crippen LogP) is 4.73. The number of carbonyl (C=O) groups excluding carboxylic acids is 1. The van der Waals surface area contributed by atoms with Crippen molar-refractivity contribution in [2.75, 3.05) is 18.8 Å². The van der Waals surface area contributed by atoms with Crippen LogP contribution in [0.3, 0.4) is 0 Å². The summed E-state index contributed by atoms with van der Waals surface area (Å²) in [7, 11) is 0. The molecule has 2 aromatic carbocycles. The van der Waals surface area contributed by atoms with Crippen LogP contribution in [0.2, 0.25) is 0 Å². The number of rotatable bonds is 10. The Kier molecular flexibility index (Phi) is 7.27. The Morgan fingerprint density at radius 2 is 1.94 bits per heavy atom. The summed E-state index contributed by atoms with van der Waals surface area (Å²) < 4.78 is 30.8. The van der Waals surface area contributed by atoms with Gasteiger partial charge in [-0.1, -0.05) is 30.8 Å². The highest BCUT2D eigenvalue weighted by molar-refractivity contribution is 7.99. The summed E-state index contributed by atoms with van der Waals surface area (Å²) in [6.45, 7) is 0.598. The fourth-order valence-corrected chi connectivity index (χ4v) is 4.55. The molecule has 0 bridgehead atoms. The highest BCUT2D eigenvalue weighted by atomic mass is 32.2. The number of hydrogen-bond acceptors (Lipinski definition) is 5. The molecule has 1 aliphatic carbocycles. The number of thioether (sulfide) groups is 1. The third-order valence-electron chi connectivity index (χ3n) is 5.41. The van der Waals surface area contributed by atoms with E-state index >= 15 is 0 Å². The number of halogens is 2. The van der Waals surface area contributed by atoms with Gasteiger partial charge in [0.15, 0.2) is 5.16 Å². The SMILES string of the molecule is CCCN(CC1CC1)C(=O)CSc1nc2ccccc2c(=O)n1-c1ccc(OC(F)F)cc1. The first-order valence-electron chi connectivity index (χ1n) is 10.9. The minimum atomic E-state index is -2.93. The lowest BCUT2D eigenvalue weighted by molar-refractivity contribution is -0.128. The van der Waals surface area contributed by atoms with Crippen LogP contribution in [0.15, 0.2) is 58.5 Å². The number of amides is 1. The van der Waals surface area contributed by atoms with E-state index in [0.29, 0.717) is 34.2 Å². The number of ether oxygens (including phenoxy) is 1. The number of nitrogens with zero attached hydrogens (tertiary/aromatic N) is 3. The van der Waals surface area contributed by atoms with Gasteiger partial charge < -0.3 is 9.64 Å². The van der Waals surface area contributed by atoms with Crippen LogP contribution in [0.25, 0.3) is 16.6 Å². The molecule has 0 aliphatic heterocycles. The molecule has 9 heteroatoms. The predicted molar refractivity (Wildman–Crippen MR) is 124 cm³/mol. The van der Waals surface area contributed by atoms with Crippen LogP contribution in [0, 0.1) is 5.92 Å². The number of carbonyl (C=O) groups is 1. The number of hydrogen-bond donors (Lipinski definition) is 0. The van der Waals surface area contributed by atoms with Crippen molar-refractivity contribution in [1.82, 2.24) is 14.5 Å². The van der Waals surface area contributed by atoms with Crippen LogP contribution in [0.1, 0.15) is 26.2 Å². The van der Waals surface area contributed by atoms with Crippen molar-refractivity contribution in [3.63, 3.8) is 0 Å². The molecule has 6 nitrogen and oxygen atoms in total. The summed E-state index contributed by atoms with van der Waals surface area (Å²) in [5, 5.41) is 0.805. The summed E-state index contributed by atoms with van der Waals surface area (Å²) in [5.74, 6) is 0.763. The number of benzene rings is 2. The van der Waals surface area contributed by atoms with Crippen LogP contribution in [-0.2, 0) is 4.79 Å². The number of aromatic nitrogens is 2.